The minimum absolute atomic E-state index is 0.00406. The monoisotopic (exact) mass is 318 g/mol. The zero-order valence-electron chi connectivity index (χ0n) is 12.4. The van der Waals surface area contributed by atoms with Gasteiger partial charge in [0.25, 0.3) is 0 Å². The molecule has 0 aliphatic heterocycles. The van der Waals surface area contributed by atoms with E-state index in [1.807, 2.05) is 25.3 Å². The molecular formula is C16H18N2O3S. The van der Waals surface area contributed by atoms with Crippen LogP contribution in [0.1, 0.15) is 22.8 Å². The highest BCUT2D eigenvalue weighted by Crippen LogP contribution is 2.15. The first-order chi connectivity index (χ1) is 10.5. The summed E-state index contributed by atoms with van der Waals surface area (Å²) in [6.07, 6.45) is -0.815. The van der Waals surface area contributed by atoms with Gasteiger partial charge in [-0.3, -0.25) is 9.59 Å². The number of amides is 2. The summed E-state index contributed by atoms with van der Waals surface area (Å²) in [7, 11) is 0. The Hall–Kier alpha value is -2.18. The van der Waals surface area contributed by atoms with Gasteiger partial charge in [0.05, 0.1) is 6.10 Å². The Labute approximate surface area is 133 Å². The Balaban J connectivity index is 1.86. The van der Waals surface area contributed by atoms with Crippen LogP contribution in [0.5, 0.6) is 0 Å². The van der Waals surface area contributed by atoms with Crippen LogP contribution in [0, 0.1) is 13.8 Å². The average Bonchev–Trinajstić information content (AvgIpc) is 3.02. The molecule has 0 spiro atoms. The number of thiophene rings is 1. The SMILES string of the molecule is Cc1ccc(NC(=O)C(=O)NCC(O)c2ccsc2)cc1C. The van der Waals surface area contributed by atoms with Gasteiger partial charge in [-0.05, 0) is 59.5 Å². The van der Waals surface area contributed by atoms with Gasteiger partial charge in [-0.15, -0.1) is 0 Å². The summed E-state index contributed by atoms with van der Waals surface area (Å²) in [6.45, 7) is 3.90. The molecule has 116 valence electrons. The van der Waals surface area contributed by atoms with Crippen molar-refractivity contribution in [2.45, 2.75) is 20.0 Å². The maximum atomic E-state index is 11.8. The number of rotatable bonds is 4. The van der Waals surface area contributed by atoms with Crippen molar-refractivity contribution in [2.24, 2.45) is 0 Å². The van der Waals surface area contributed by atoms with E-state index in [0.29, 0.717) is 5.69 Å². The highest BCUT2D eigenvalue weighted by atomic mass is 32.1. The Morgan fingerprint density at radius 2 is 1.95 bits per heavy atom. The lowest BCUT2D eigenvalue weighted by atomic mass is 10.1. The highest BCUT2D eigenvalue weighted by molar-refractivity contribution is 7.07. The molecule has 1 heterocycles. The number of benzene rings is 1. The van der Waals surface area contributed by atoms with E-state index in [9.17, 15) is 14.7 Å². The number of carbonyl (C=O) groups excluding carboxylic acids is 2. The summed E-state index contributed by atoms with van der Waals surface area (Å²) in [5.74, 6) is -1.52. The van der Waals surface area contributed by atoms with Crippen LogP contribution in [0.4, 0.5) is 5.69 Å². The van der Waals surface area contributed by atoms with Gasteiger partial charge in [0.2, 0.25) is 0 Å². The number of hydrogen-bond donors (Lipinski definition) is 3. The largest absolute Gasteiger partial charge is 0.387 e. The Kier molecular flexibility index (Phi) is 5.30. The first kappa shape index (κ1) is 16.2. The minimum Gasteiger partial charge on any atom is -0.387 e. The Bertz CT molecular complexity index is 668. The van der Waals surface area contributed by atoms with Crippen molar-refractivity contribution in [3.05, 3.63) is 51.7 Å². The molecule has 0 bridgehead atoms. The molecule has 0 aliphatic rings. The molecule has 0 saturated heterocycles. The number of nitrogens with one attached hydrogen (secondary N) is 2. The van der Waals surface area contributed by atoms with E-state index in [2.05, 4.69) is 10.6 Å². The van der Waals surface area contributed by atoms with Crippen molar-refractivity contribution in [3.63, 3.8) is 0 Å². The average molecular weight is 318 g/mol. The van der Waals surface area contributed by atoms with Crippen LogP contribution >= 0.6 is 11.3 Å². The number of hydrogen-bond acceptors (Lipinski definition) is 4. The molecule has 6 heteroatoms. The van der Waals surface area contributed by atoms with Gasteiger partial charge < -0.3 is 15.7 Å². The van der Waals surface area contributed by atoms with Gasteiger partial charge in [0.1, 0.15) is 0 Å². The normalized spacial score (nSPS) is 11.8. The van der Waals surface area contributed by atoms with Crippen LogP contribution in [0.15, 0.2) is 35.0 Å². The topological polar surface area (TPSA) is 78.4 Å². The molecule has 0 radical (unpaired) electrons. The summed E-state index contributed by atoms with van der Waals surface area (Å²) in [5, 5.41) is 18.5. The van der Waals surface area contributed by atoms with Crippen molar-refractivity contribution in [1.82, 2.24) is 5.32 Å². The highest BCUT2D eigenvalue weighted by Gasteiger charge is 2.16. The predicted molar refractivity (Wildman–Crippen MR) is 86.8 cm³/mol. The molecule has 1 atom stereocenters. The first-order valence-electron chi connectivity index (χ1n) is 6.84. The van der Waals surface area contributed by atoms with E-state index < -0.39 is 17.9 Å². The standard InChI is InChI=1S/C16H18N2O3S/c1-10-3-4-13(7-11(10)2)18-16(21)15(20)17-8-14(19)12-5-6-22-9-12/h3-7,9,14,19H,8H2,1-2H3,(H,17,20)(H,18,21). The molecular weight excluding hydrogens is 300 g/mol. The summed E-state index contributed by atoms with van der Waals surface area (Å²) in [5.41, 5.74) is 3.44. The van der Waals surface area contributed by atoms with Crippen LogP contribution in [-0.2, 0) is 9.59 Å². The Morgan fingerprint density at radius 1 is 1.18 bits per heavy atom. The van der Waals surface area contributed by atoms with Crippen molar-refractivity contribution in [1.29, 1.82) is 0 Å². The molecule has 1 aromatic carbocycles. The fourth-order valence-electron chi connectivity index (χ4n) is 1.86. The van der Waals surface area contributed by atoms with Crippen molar-refractivity contribution < 1.29 is 14.7 Å². The van der Waals surface area contributed by atoms with Gasteiger partial charge in [-0.25, -0.2) is 0 Å². The van der Waals surface area contributed by atoms with Crippen LogP contribution in [0.25, 0.3) is 0 Å². The number of carbonyl (C=O) groups is 2. The lowest BCUT2D eigenvalue weighted by Crippen LogP contribution is -2.37. The van der Waals surface area contributed by atoms with E-state index in [-0.39, 0.29) is 6.54 Å². The van der Waals surface area contributed by atoms with Crippen molar-refractivity contribution >= 4 is 28.8 Å². The number of aliphatic hydroxyl groups is 1. The van der Waals surface area contributed by atoms with E-state index >= 15 is 0 Å². The van der Waals surface area contributed by atoms with E-state index in [1.54, 1.807) is 23.6 Å². The van der Waals surface area contributed by atoms with Crippen LogP contribution < -0.4 is 10.6 Å². The molecule has 3 N–H and O–H groups in total. The fourth-order valence-corrected chi connectivity index (χ4v) is 2.57. The minimum atomic E-state index is -0.815. The van der Waals surface area contributed by atoms with E-state index in [0.717, 1.165) is 16.7 Å². The predicted octanol–water partition coefficient (Wildman–Crippen LogP) is 2.15. The third-order valence-corrected chi connectivity index (χ3v) is 4.06. The molecule has 2 aromatic rings. The van der Waals surface area contributed by atoms with Gasteiger partial charge >= 0.3 is 11.8 Å². The zero-order chi connectivity index (χ0) is 16.1. The third kappa shape index (κ3) is 4.16. The molecule has 0 fully saturated rings. The molecule has 0 saturated carbocycles. The smallest absolute Gasteiger partial charge is 0.313 e. The number of aliphatic hydroxyl groups excluding tert-OH is 1. The first-order valence-corrected chi connectivity index (χ1v) is 7.78. The van der Waals surface area contributed by atoms with E-state index in [4.69, 9.17) is 0 Å². The molecule has 2 rings (SSSR count). The molecule has 2 amide bonds. The molecule has 22 heavy (non-hydrogen) atoms. The lowest BCUT2D eigenvalue weighted by Gasteiger charge is -2.11. The quantitative estimate of drug-likeness (QED) is 0.756. The van der Waals surface area contributed by atoms with E-state index in [1.165, 1.54) is 11.3 Å². The zero-order valence-corrected chi connectivity index (χ0v) is 13.2. The summed E-state index contributed by atoms with van der Waals surface area (Å²) in [6, 6.07) is 7.20. The molecule has 1 unspecified atom stereocenters. The molecule has 5 nitrogen and oxygen atoms in total. The third-order valence-electron chi connectivity index (χ3n) is 3.35. The second-order valence-corrected chi connectivity index (χ2v) is 5.82. The van der Waals surface area contributed by atoms with Crippen LogP contribution in [0.2, 0.25) is 0 Å². The maximum Gasteiger partial charge on any atom is 0.313 e. The fraction of sp³-hybridized carbons (Fsp3) is 0.250. The second kappa shape index (κ2) is 7.20. The molecule has 0 aliphatic carbocycles. The number of aryl methyl sites for hydroxylation is 2. The van der Waals surface area contributed by atoms with Gasteiger partial charge in [-0.2, -0.15) is 11.3 Å². The summed E-state index contributed by atoms with van der Waals surface area (Å²) in [4.78, 5) is 23.5. The van der Waals surface area contributed by atoms with Crippen molar-refractivity contribution in [3.8, 4) is 0 Å². The number of anilines is 1. The summed E-state index contributed by atoms with van der Waals surface area (Å²) >= 11 is 1.46. The second-order valence-electron chi connectivity index (χ2n) is 5.04. The van der Waals surface area contributed by atoms with Crippen LogP contribution in [-0.4, -0.2) is 23.5 Å². The van der Waals surface area contributed by atoms with Gasteiger partial charge in [0.15, 0.2) is 0 Å². The Morgan fingerprint density at radius 3 is 2.59 bits per heavy atom. The maximum absolute atomic E-state index is 11.8. The summed E-state index contributed by atoms with van der Waals surface area (Å²) < 4.78 is 0. The van der Waals surface area contributed by atoms with Gasteiger partial charge in [0, 0.05) is 12.2 Å². The molecule has 1 aromatic heterocycles. The lowest BCUT2D eigenvalue weighted by molar-refractivity contribution is -0.136. The van der Waals surface area contributed by atoms with Crippen molar-refractivity contribution in [2.75, 3.05) is 11.9 Å². The van der Waals surface area contributed by atoms with Crippen LogP contribution in [0.3, 0.4) is 0 Å². The van der Waals surface area contributed by atoms with Gasteiger partial charge in [-0.1, -0.05) is 6.07 Å².